The number of quaternary nitrogens is 1. The molecule has 0 saturated heterocycles. The van der Waals surface area contributed by atoms with Gasteiger partial charge in [-0.15, -0.1) is 0 Å². The van der Waals surface area contributed by atoms with Gasteiger partial charge in [0.15, 0.2) is 0 Å². The van der Waals surface area contributed by atoms with Crippen LogP contribution in [-0.2, 0) is 14.3 Å². The Morgan fingerprint density at radius 1 is 0.615 bits per heavy atom. The van der Waals surface area contributed by atoms with Crippen LogP contribution in [0.15, 0.2) is 12.2 Å². The van der Waals surface area contributed by atoms with Crippen molar-refractivity contribution in [3.8, 4) is 0 Å². The maximum atomic E-state index is 13.6. The van der Waals surface area contributed by atoms with E-state index in [0.29, 0.717) is 12.8 Å². The highest BCUT2D eigenvalue weighted by Gasteiger charge is 2.43. The molecule has 8 heteroatoms. The smallest absolute Gasteiger partial charge is 0.339 e. The second kappa shape index (κ2) is 35.6. The molecule has 0 aliphatic heterocycles. The molecule has 0 amide bonds. The predicted octanol–water partition coefficient (Wildman–Crippen LogP) is 10.7. The van der Waals surface area contributed by atoms with Crippen LogP contribution in [0.4, 0.5) is 0 Å². The Morgan fingerprint density at radius 3 is 1.37 bits per heavy atom. The number of aliphatic hydroxyl groups excluding tert-OH is 2. The molecule has 0 aromatic heterocycles. The summed E-state index contributed by atoms with van der Waals surface area (Å²) >= 11 is 0. The lowest BCUT2D eigenvalue weighted by atomic mass is 10.0. The van der Waals surface area contributed by atoms with Gasteiger partial charge in [-0.3, -0.25) is 9.59 Å². The Morgan fingerprint density at radius 2 is 0.981 bits per heavy atom. The van der Waals surface area contributed by atoms with Crippen molar-refractivity contribution in [2.75, 3.05) is 33.9 Å². The van der Waals surface area contributed by atoms with Crippen LogP contribution >= 0.6 is 7.77 Å². The Bertz CT molecular complexity index is 915. The molecule has 0 aliphatic rings. The van der Waals surface area contributed by atoms with E-state index in [9.17, 15) is 24.7 Å². The van der Waals surface area contributed by atoms with E-state index in [2.05, 4.69) is 26.0 Å². The third kappa shape index (κ3) is 30.2. The molecular weight excluding hydrogens is 669 g/mol. The standard InChI is InChI=1S/C44H85NO6P/c1-6-8-10-12-14-16-18-20-22-24-26-28-30-32-34-36-41(48)43(45(3,4)5)44(52(50)39-40(47)38-46)51-42(49)37-35-33-31-29-27-25-23-21-19-17-15-13-11-9-7-2/h21,23,40,43,46-47H,6-20,22,24-39H2,1-5H3/q+1. The van der Waals surface area contributed by atoms with Crippen molar-refractivity contribution in [2.45, 2.75) is 219 Å². The van der Waals surface area contributed by atoms with E-state index in [1.807, 2.05) is 21.1 Å². The Balaban J connectivity index is 4.64. The van der Waals surface area contributed by atoms with Crippen molar-refractivity contribution in [3.05, 3.63) is 12.2 Å². The van der Waals surface area contributed by atoms with Crippen LogP contribution in [-0.4, -0.2) is 78.0 Å². The number of ether oxygens (including phenoxy) is 1. The third-order valence-corrected chi connectivity index (χ3v) is 11.6. The number of Topliss-reactive ketones (excluding diaryl/α,β-unsaturated/α-hetero) is 1. The molecule has 3 unspecified atom stereocenters. The van der Waals surface area contributed by atoms with Gasteiger partial charge in [-0.05, 0) is 38.5 Å². The molecule has 2 N–H and O–H groups in total. The average Bonchev–Trinajstić information content (AvgIpc) is 3.10. The van der Waals surface area contributed by atoms with Crippen LogP contribution in [0.25, 0.3) is 0 Å². The number of ketones is 1. The first kappa shape index (κ1) is 50.9. The number of nitrogens with zero attached hydrogens (tertiary/aromatic N) is 1. The monoisotopic (exact) mass is 755 g/mol. The summed E-state index contributed by atoms with van der Waals surface area (Å²) in [6.07, 6.45) is 37.6. The van der Waals surface area contributed by atoms with Crippen molar-refractivity contribution in [3.63, 3.8) is 0 Å². The van der Waals surface area contributed by atoms with E-state index >= 15 is 0 Å². The zero-order valence-corrected chi connectivity index (χ0v) is 35.8. The lowest BCUT2D eigenvalue weighted by molar-refractivity contribution is -0.876. The van der Waals surface area contributed by atoms with Gasteiger partial charge < -0.3 is 24.3 Å². The summed E-state index contributed by atoms with van der Waals surface area (Å²) in [6, 6.07) is -0.876. The fourth-order valence-corrected chi connectivity index (χ4v) is 8.44. The summed E-state index contributed by atoms with van der Waals surface area (Å²) in [4.78, 5) is 40.1. The number of allylic oxidation sites excluding steroid dienone is 2. The summed E-state index contributed by atoms with van der Waals surface area (Å²) < 4.78 is 5.91. The summed E-state index contributed by atoms with van der Waals surface area (Å²) in [5.41, 5.74) is -0.0429. The number of carbonyl (C=O) groups is 2. The topological polar surface area (TPSA) is 107 Å². The highest BCUT2D eigenvalue weighted by molar-refractivity contribution is 7.51. The Labute approximate surface area is 322 Å². The number of hydrogen-bond acceptors (Lipinski definition) is 6. The largest absolute Gasteiger partial charge is 0.628 e. The van der Waals surface area contributed by atoms with Crippen molar-refractivity contribution in [1.82, 2.24) is 0 Å². The zero-order valence-electron chi connectivity index (χ0n) is 34.9. The predicted molar refractivity (Wildman–Crippen MR) is 222 cm³/mol. The molecule has 0 radical (unpaired) electrons. The van der Waals surface area contributed by atoms with Crippen molar-refractivity contribution in [1.29, 1.82) is 0 Å². The van der Waals surface area contributed by atoms with Crippen LogP contribution in [0.2, 0.25) is 0 Å². The number of hydrogen-bond donors (Lipinski definition) is 2. The Kier molecular flexibility index (Phi) is 34.8. The maximum Gasteiger partial charge on any atom is 0.339 e. The van der Waals surface area contributed by atoms with Crippen LogP contribution in [0, 0.1) is 0 Å². The maximum absolute atomic E-state index is 13.6. The normalized spacial score (nSPS) is 13.8. The van der Waals surface area contributed by atoms with Gasteiger partial charge in [0.05, 0.1) is 27.7 Å². The molecule has 3 atom stereocenters. The van der Waals surface area contributed by atoms with Gasteiger partial charge in [0, 0.05) is 12.8 Å². The molecular formula is C44H85NO6P+. The van der Waals surface area contributed by atoms with Crippen molar-refractivity contribution < 1.29 is 33.9 Å². The molecule has 52 heavy (non-hydrogen) atoms. The van der Waals surface area contributed by atoms with Gasteiger partial charge >= 0.3 is 11.4 Å². The fourth-order valence-electron chi connectivity index (χ4n) is 6.80. The highest BCUT2D eigenvalue weighted by Crippen LogP contribution is 2.25. The first-order chi connectivity index (χ1) is 25.1. The first-order valence-corrected chi connectivity index (χ1v) is 23.3. The lowest BCUT2D eigenvalue weighted by Crippen LogP contribution is -2.55. The number of likely N-dealkylation sites (N-methyl/N-ethyl adjacent to an activating group) is 1. The summed E-state index contributed by atoms with van der Waals surface area (Å²) in [5, 5.41) is 19.4. The van der Waals surface area contributed by atoms with Gasteiger partial charge in [-0.1, -0.05) is 167 Å². The minimum absolute atomic E-state index is 0.0429. The van der Waals surface area contributed by atoms with E-state index in [0.717, 1.165) is 51.4 Å². The molecule has 0 spiro atoms. The lowest BCUT2D eigenvalue weighted by Gasteiger charge is -2.32. The molecule has 0 rings (SSSR count). The summed E-state index contributed by atoms with van der Waals surface area (Å²) in [7, 11) is 3.17. The molecule has 0 heterocycles. The number of esters is 1. The SMILES string of the molecule is CCCCCCCCC=CCCCCCCCC(=O)O/C(C(C(=O)CCCCCCCCCCCCCCCCC)[N+](C)(C)C)=[P+](\[O-])CC(O)CO. The van der Waals surface area contributed by atoms with Crippen LogP contribution < -0.4 is 4.89 Å². The van der Waals surface area contributed by atoms with E-state index in [4.69, 9.17) is 4.74 Å². The average molecular weight is 755 g/mol. The molecule has 0 bridgehead atoms. The minimum Gasteiger partial charge on any atom is -0.628 e. The van der Waals surface area contributed by atoms with E-state index in [1.165, 1.54) is 122 Å². The molecule has 0 saturated carbocycles. The van der Waals surface area contributed by atoms with E-state index in [-0.39, 0.29) is 28.3 Å². The molecule has 306 valence electrons. The first-order valence-electron chi connectivity index (χ1n) is 21.9. The van der Waals surface area contributed by atoms with E-state index in [1.54, 1.807) is 0 Å². The minimum atomic E-state index is -2.36. The Hall–Kier alpha value is -1.11. The van der Waals surface area contributed by atoms with Gasteiger partial charge in [-0.2, -0.15) is 0 Å². The second-order valence-corrected chi connectivity index (χ2v) is 17.8. The number of aliphatic hydroxyl groups is 2. The second-order valence-electron chi connectivity index (χ2n) is 16.2. The van der Waals surface area contributed by atoms with Crippen molar-refractivity contribution >= 4 is 25.0 Å². The fraction of sp³-hybridized carbons (Fsp3) is 0.886. The van der Waals surface area contributed by atoms with Gasteiger partial charge in [0.2, 0.25) is 11.8 Å². The molecule has 0 aromatic rings. The van der Waals surface area contributed by atoms with Crippen LogP contribution in [0.5, 0.6) is 0 Å². The van der Waals surface area contributed by atoms with Gasteiger partial charge in [-0.25, -0.2) is 0 Å². The third-order valence-electron chi connectivity index (χ3n) is 10.0. The number of rotatable bonds is 38. The zero-order chi connectivity index (χ0) is 38.7. The molecule has 0 aliphatic carbocycles. The van der Waals surface area contributed by atoms with E-state index < -0.39 is 32.5 Å². The summed E-state index contributed by atoms with van der Waals surface area (Å²) in [5.74, 6) is -0.569. The quantitative estimate of drug-likeness (QED) is 0.0214. The molecule has 0 aromatic carbocycles. The van der Waals surface area contributed by atoms with Gasteiger partial charge in [0.25, 0.3) is 0 Å². The number of carbonyl (C=O) groups excluding carboxylic acids is 2. The molecule has 0 fully saturated rings. The van der Waals surface area contributed by atoms with Gasteiger partial charge in [0.1, 0.15) is 20.0 Å². The van der Waals surface area contributed by atoms with Crippen LogP contribution in [0.3, 0.4) is 0 Å². The van der Waals surface area contributed by atoms with Crippen LogP contribution in [0.1, 0.15) is 206 Å². The highest BCUT2D eigenvalue weighted by atomic mass is 31.1. The summed E-state index contributed by atoms with van der Waals surface area (Å²) in [6.45, 7) is 3.97. The molecule has 7 nitrogen and oxygen atoms in total. The van der Waals surface area contributed by atoms with Crippen molar-refractivity contribution in [2.24, 2.45) is 0 Å². The number of unbranched alkanes of at least 4 members (excludes halogenated alkanes) is 25.